The van der Waals surface area contributed by atoms with Crippen molar-refractivity contribution in [1.82, 2.24) is 0 Å². The minimum atomic E-state index is -0.879. The van der Waals surface area contributed by atoms with Gasteiger partial charge >= 0.3 is 0 Å². The normalized spacial score (nSPS) is 16.1. The molecule has 0 N–H and O–H groups in total. The number of benzene rings is 1. The Kier molecular flexibility index (Phi) is 2.80. The second-order valence-electron chi connectivity index (χ2n) is 4.16. The molecular formula is C12H10ClFN2O. The highest BCUT2D eigenvalue weighted by Gasteiger charge is 2.52. The van der Waals surface area contributed by atoms with Crippen LogP contribution in [0.25, 0.3) is 0 Å². The molecule has 1 aromatic carbocycles. The van der Waals surface area contributed by atoms with Crippen molar-refractivity contribution >= 4 is 23.2 Å². The van der Waals surface area contributed by atoms with Crippen LogP contribution in [0.2, 0.25) is 5.02 Å². The van der Waals surface area contributed by atoms with Crippen LogP contribution >= 0.6 is 11.6 Å². The number of amides is 1. The molecule has 3 nitrogen and oxygen atoms in total. The Morgan fingerprint density at radius 2 is 2.24 bits per heavy atom. The molecule has 0 bridgehead atoms. The topological polar surface area (TPSA) is 44.1 Å². The van der Waals surface area contributed by atoms with Crippen molar-refractivity contribution in [3.05, 3.63) is 29.0 Å². The molecule has 17 heavy (non-hydrogen) atoms. The third-order valence-corrected chi connectivity index (χ3v) is 3.26. The molecule has 1 fully saturated rings. The zero-order chi connectivity index (χ0) is 12.6. The van der Waals surface area contributed by atoms with E-state index in [1.165, 1.54) is 23.1 Å². The summed E-state index contributed by atoms with van der Waals surface area (Å²) in [5.74, 6) is -0.791. The Bertz CT molecular complexity index is 520. The highest BCUT2D eigenvalue weighted by molar-refractivity contribution is 6.31. The molecule has 2 rings (SSSR count). The van der Waals surface area contributed by atoms with Gasteiger partial charge in [-0.1, -0.05) is 11.6 Å². The van der Waals surface area contributed by atoms with Gasteiger partial charge in [-0.25, -0.2) is 4.39 Å². The number of hydrogen-bond donors (Lipinski definition) is 0. The fourth-order valence-electron chi connectivity index (χ4n) is 1.63. The summed E-state index contributed by atoms with van der Waals surface area (Å²) in [5, 5.41) is 8.90. The Labute approximate surface area is 103 Å². The van der Waals surface area contributed by atoms with E-state index in [4.69, 9.17) is 16.9 Å². The summed E-state index contributed by atoms with van der Waals surface area (Å²) >= 11 is 5.65. The standard InChI is InChI=1S/C12H10ClFN2O/c1-16(11(17)12(7-15)4-5-12)8-2-3-10(14)9(13)6-8/h2-3,6H,4-5H2,1H3. The highest BCUT2D eigenvalue weighted by Crippen LogP contribution is 2.46. The van der Waals surface area contributed by atoms with E-state index >= 15 is 0 Å². The molecule has 0 radical (unpaired) electrons. The summed E-state index contributed by atoms with van der Waals surface area (Å²) in [4.78, 5) is 13.4. The van der Waals surface area contributed by atoms with Crippen LogP contribution in [0.5, 0.6) is 0 Å². The van der Waals surface area contributed by atoms with Gasteiger partial charge in [0.05, 0.1) is 11.1 Å². The number of rotatable bonds is 2. The number of nitrogens with zero attached hydrogens (tertiary/aromatic N) is 2. The smallest absolute Gasteiger partial charge is 0.247 e. The molecule has 5 heteroatoms. The number of carbonyl (C=O) groups is 1. The molecule has 0 aromatic heterocycles. The molecule has 0 aliphatic heterocycles. The average Bonchev–Trinajstić information content (AvgIpc) is 3.12. The maximum Gasteiger partial charge on any atom is 0.247 e. The van der Waals surface area contributed by atoms with E-state index in [-0.39, 0.29) is 10.9 Å². The van der Waals surface area contributed by atoms with Gasteiger partial charge in [-0.15, -0.1) is 0 Å². The van der Waals surface area contributed by atoms with E-state index < -0.39 is 11.2 Å². The van der Waals surface area contributed by atoms with E-state index in [1.807, 2.05) is 6.07 Å². The molecule has 1 saturated carbocycles. The lowest BCUT2D eigenvalue weighted by molar-refractivity contribution is -0.121. The van der Waals surface area contributed by atoms with Gasteiger partial charge in [0.25, 0.3) is 0 Å². The maximum absolute atomic E-state index is 13.0. The number of halogens is 2. The van der Waals surface area contributed by atoms with Crippen LogP contribution in [-0.4, -0.2) is 13.0 Å². The quantitative estimate of drug-likeness (QED) is 0.812. The molecule has 1 aromatic rings. The fraction of sp³-hybridized carbons (Fsp3) is 0.333. The molecule has 1 aliphatic rings. The molecular weight excluding hydrogens is 243 g/mol. The number of hydrogen-bond acceptors (Lipinski definition) is 2. The molecule has 0 spiro atoms. The maximum atomic E-state index is 13.0. The molecule has 0 saturated heterocycles. The van der Waals surface area contributed by atoms with Crippen molar-refractivity contribution in [2.24, 2.45) is 5.41 Å². The van der Waals surface area contributed by atoms with Crippen molar-refractivity contribution in [2.75, 3.05) is 11.9 Å². The van der Waals surface area contributed by atoms with Crippen LogP contribution in [0.1, 0.15) is 12.8 Å². The SMILES string of the molecule is CN(C(=O)C1(C#N)CC1)c1ccc(F)c(Cl)c1. The van der Waals surface area contributed by atoms with Crippen LogP contribution in [0.15, 0.2) is 18.2 Å². The number of carbonyl (C=O) groups excluding carboxylic acids is 1. The Morgan fingerprint density at radius 1 is 1.59 bits per heavy atom. The van der Waals surface area contributed by atoms with Crippen LogP contribution in [0, 0.1) is 22.6 Å². The third-order valence-electron chi connectivity index (χ3n) is 2.97. The molecule has 0 unspecified atom stereocenters. The predicted molar refractivity (Wildman–Crippen MR) is 62.1 cm³/mol. The van der Waals surface area contributed by atoms with Crippen LogP contribution in [0.4, 0.5) is 10.1 Å². The fourth-order valence-corrected chi connectivity index (χ4v) is 1.81. The first kappa shape index (κ1) is 11.9. The third kappa shape index (κ3) is 1.98. The summed E-state index contributed by atoms with van der Waals surface area (Å²) < 4.78 is 13.0. The summed E-state index contributed by atoms with van der Waals surface area (Å²) in [5.41, 5.74) is -0.391. The first-order valence-corrected chi connectivity index (χ1v) is 5.52. The largest absolute Gasteiger partial charge is 0.314 e. The first-order chi connectivity index (χ1) is 8.00. The summed E-state index contributed by atoms with van der Waals surface area (Å²) in [6.45, 7) is 0. The van der Waals surface area contributed by atoms with Gasteiger partial charge in [0.15, 0.2) is 0 Å². The number of anilines is 1. The van der Waals surface area contributed by atoms with E-state index in [1.54, 1.807) is 7.05 Å². The van der Waals surface area contributed by atoms with Gasteiger partial charge < -0.3 is 4.90 Å². The van der Waals surface area contributed by atoms with Crippen molar-refractivity contribution in [2.45, 2.75) is 12.8 Å². The van der Waals surface area contributed by atoms with Crippen molar-refractivity contribution in [1.29, 1.82) is 5.26 Å². The van der Waals surface area contributed by atoms with Gasteiger partial charge in [-0.2, -0.15) is 5.26 Å². The summed E-state index contributed by atoms with van der Waals surface area (Å²) in [6.07, 6.45) is 1.17. The van der Waals surface area contributed by atoms with E-state index in [0.717, 1.165) is 0 Å². The first-order valence-electron chi connectivity index (χ1n) is 5.15. The Hall–Kier alpha value is -1.60. The molecule has 1 aliphatic carbocycles. The highest BCUT2D eigenvalue weighted by atomic mass is 35.5. The van der Waals surface area contributed by atoms with Crippen molar-refractivity contribution < 1.29 is 9.18 Å². The van der Waals surface area contributed by atoms with Gasteiger partial charge in [0.1, 0.15) is 11.2 Å². The second kappa shape index (κ2) is 4.01. The molecule has 1 amide bonds. The van der Waals surface area contributed by atoms with E-state index in [2.05, 4.69) is 0 Å². The van der Waals surface area contributed by atoms with Crippen LogP contribution in [-0.2, 0) is 4.79 Å². The minimum Gasteiger partial charge on any atom is -0.314 e. The summed E-state index contributed by atoms with van der Waals surface area (Å²) in [7, 11) is 1.56. The lowest BCUT2D eigenvalue weighted by atomic mass is 10.1. The Balaban J connectivity index is 2.26. The average molecular weight is 253 g/mol. The molecule has 0 heterocycles. The molecule has 88 valence electrons. The van der Waals surface area contributed by atoms with Gasteiger partial charge in [0.2, 0.25) is 5.91 Å². The van der Waals surface area contributed by atoms with E-state index in [0.29, 0.717) is 18.5 Å². The summed E-state index contributed by atoms with van der Waals surface area (Å²) in [6, 6.07) is 6.07. The van der Waals surface area contributed by atoms with Crippen molar-refractivity contribution in [3.63, 3.8) is 0 Å². The zero-order valence-corrected chi connectivity index (χ0v) is 9.96. The lowest BCUT2D eigenvalue weighted by Crippen LogP contribution is -2.33. The number of nitriles is 1. The van der Waals surface area contributed by atoms with Gasteiger partial charge in [0, 0.05) is 12.7 Å². The van der Waals surface area contributed by atoms with Gasteiger partial charge in [-0.3, -0.25) is 4.79 Å². The van der Waals surface area contributed by atoms with E-state index in [9.17, 15) is 9.18 Å². The Morgan fingerprint density at radius 3 is 2.71 bits per heavy atom. The van der Waals surface area contributed by atoms with Crippen molar-refractivity contribution in [3.8, 4) is 6.07 Å². The van der Waals surface area contributed by atoms with Gasteiger partial charge in [-0.05, 0) is 31.0 Å². The molecule has 0 atom stereocenters. The van der Waals surface area contributed by atoms with Crippen LogP contribution < -0.4 is 4.90 Å². The predicted octanol–water partition coefficient (Wildman–Crippen LogP) is 2.75. The second-order valence-corrected chi connectivity index (χ2v) is 4.56. The lowest BCUT2D eigenvalue weighted by Gasteiger charge is -2.20. The minimum absolute atomic E-state index is 0.0380. The van der Waals surface area contributed by atoms with Crippen LogP contribution in [0.3, 0.4) is 0 Å². The zero-order valence-electron chi connectivity index (χ0n) is 9.20. The monoisotopic (exact) mass is 252 g/mol.